The Morgan fingerprint density at radius 3 is 1.46 bits per heavy atom. The SMILES string of the molecule is CCCCCC(C[Se]CC(CCCCC)c1ccccc1OC(C)=O)c1ccccc1OC(C)=O. The van der Waals surface area contributed by atoms with Crippen LogP contribution in [0.25, 0.3) is 0 Å². The molecule has 4 nitrogen and oxygen atoms in total. The van der Waals surface area contributed by atoms with Crippen LogP contribution in [0.15, 0.2) is 48.5 Å². The molecule has 0 bridgehead atoms. The minimum atomic E-state index is -0.270. The van der Waals surface area contributed by atoms with Crippen LogP contribution in [0.3, 0.4) is 0 Å². The Morgan fingerprint density at radius 2 is 1.09 bits per heavy atom. The molecule has 2 aromatic carbocycles. The van der Waals surface area contributed by atoms with Gasteiger partial charge in [0.15, 0.2) is 0 Å². The molecule has 0 aliphatic carbocycles. The van der Waals surface area contributed by atoms with Crippen molar-refractivity contribution in [1.29, 1.82) is 0 Å². The summed E-state index contributed by atoms with van der Waals surface area (Å²) in [6.45, 7) is 7.39. The van der Waals surface area contributed by atoms with E-state index in [0.717, 1.165) is 34.6 Å². The third-order valence-corrected chi connectivity index (χ3v) is 8.85. The Morgan fingerprint density at radius 1 is 0.686 bits per heavy atom. The molecule has 0 radical (unpaired) electrons. The second-order valence-corrected chi connectivity index (χ2v) is 11.4. The molecule has 35 heavy (non-hydrogen) atoms. The summed E-state index contributed by atoms with van der Waals surface area (Å²) in [5.41, 5.74) is 2.31. The molecule has 2 atom stereocenters. The monoisotopic (exact) mass is 546 g/mol. The number of carbonyl (C=O) groups is 2. The number of rotatable bonds is 16. The molecule has 0 aromatic heterocycles. The van der Waals surface area contributed by atoms with E-state index >= 15 is 0 Å². The van der Waals surface area contributed by atoms with Gasteiger partial charge in [-0.2, -0.15) is 0 Å². The van der Waals surface area contributed by atoms with Crippen LogP contribution in [0.2, 0.25) is 10.6 Å². The molecule has 0 saturated heterocycles. The summed E-state index contributed by atoms with van der Waals surface area (Å²) in [4.78, 5) is 23.4. The van der Waals surface area contributed by atoms with Crippen molar-refractivity contribution in [2.45, 2.75) is 102 Å². The Labute approximate surface area is 218 Å². The van der Waals surface area contributed by atoms with Crippen LogP contribution in [-0.2, 0) is 9.59 Å². The third kappa shape index (κ3) is 10.6. The fourth-order valence-electron chi connectivity index (χ4n) is 4.42. The summed E-state index contributed by atoms with van der Waals surface area (Å²) in [7, 11) is 0. The van der Waals surface area contributed by atoms with Gasteiger partial charge in [0.1, 0.15) is 0 Å². The summed E-state index contributed by atoms with van der Waals surface area (Å²) in [6.07, 6.45) is 9.40. The van der Waals surface area contributed by atoms with Crippen LogP contribution in [-0.4, -0.2) is 26.9 Å². The van der Waals surface area contributed by atoms with Crippen LogP contribution in [0.1, 0.15) is 102 Å². The molecule has 0 heterocycles. The number of benzene rings is 2. The fourth-order valence-corrected chi connectivity index (χ4v) is 7.35. The van der Waals surface area contributed by atoms with Gasteiger partial charge in [0.05, 0.1) is 0 Å². The average Bonchev–Trinajstić information content (AvgIpc) is 2.82. The van der Waals surface area contributed by atoms with E-state index in [1.165, 1.54) is 52.4 Å². The number of ether oxygens (including phenoxy) is 2. The first-order chi connectivity index (χ1) is 17.0. The van der Waals surface area contributed by atoms with E-state index in [9.17, 15) is 9.59 Å². The molecule has 2 aromatic rings. The van der Waals surface area contributed by atoms with E-state index in [1.54, 1.807) is 0 Å². The Hall–Kier alpha value is -2.10. The Bertz CT molecular complexity index is 837. The second kappa shape index (κ2) is 16.5. The molecule has 2 rings (SSSR count). The van der Waals surface area contributed by atoms with Gasteiger partial charge in [-0.25, -0.2) is 0 Å². The molecule has 192 valence electrons. The molecule has 2 unspecified atom stereocenters. The molecular formula is C30H42O4Se. The second-order valence-electron chi connectivity index (χ2n) is 9.19. The standard InChI is InChI=1S/C30H42O4Se/c1-5-7-9-15-25(27-17-11-13-19-29(27)33-23(3)31)21-35-22-26(16-10-8-6-2)28-18-12-14-20-30(28)34-24(4)32/h11-14,17-20,25-26H,5-10,15-16,21-22H2,1-4H3. The molecule has 0 N–H and O–H groups in total. The van der Waals surface area contributed by atoms with Crippen molar-refractivity contribution in [2.24, 2.45) is 0 Å². The number of hydrogen-bond donors (Lipinski definition) is 0. The number of carbonyl (C=O) groups excluding carboxylic acids is 2. The van der Waals surface area contributed by atoms with Gasteiger partial charge in [-0.1, -0.05) is 0 Å². The summed E-state index contributed by atoms with van der Waals surface area (Å²) in [6, 6.07) is 16.0. The molecule has 0 spiro atoms. The fraction of sp³-hybridized carbons (Fsp3) is 0.533. The van der Waals surface area contributed by atoms with Gasteiger partial charge < -0.3 is 0 Å². The van der Waals surface area contributed by atoms with E-state index < -0.39 is 0 Å². The van der Waals surface area contributed by atoms with Crippen LogP contribution in [0.5, 0.6) is 11.5 Å². The molecule has 0 aliphatic heterocycles. The first-order valence-corrected chi connectivity index (χ1v) is 15.5. The van der Waals surface area contributed by atoms with Crippen LogP contribution in [0, 0.1) is 0 Å². The van der Waals surface area contributed by atoms with Gasteiger partial charge in [-0.15, -0.1) is 0 Å². The number of esters is 2. The van der Waals surface area contributed by atoms with E-state index in [4.69, 9.17) is 9.47 Å². The summed E-state index contributed by atoms with van der Waals surface area (Å²) in [5, 5.41) is 2.21. The zero-order valence-corrected chi connectivity index (χ0v) is 23.6. The van der Waals surface area contributed by atoms with Crippen LogP contribution in [0.4, 0.5) is 0 Å². The first kappa shape index (κ1) is 29.1. The van der Waals surface area contributed by atoms with E-state index in [2.05, 4.69) is 26.0 Å². The third-order valence-electron chi connectivity index (χ3n) is 6.18. The van der Waals surface area contributed by atoms with Crippen molar-refractivity contribution in [3.8, 4) is 11.5 Å². The zero-order chi connectivity index (χ0) is 25.5. The van der Waals surface area contributed by atoms with Crippen molar-refractivity contribution >= 4 is 26.9 Å². The minimum absolute atomic E-state index is 0.270. The molecular weight excluding hydrogens is 503 g/mol. The predicted octanol–water partition coefficient (Wildman–Crippen LogP) is 8.11. The van der Waals surface area contributed by atoms with Gasteiger partial charge in [-0.3, -0.25) is 0 Å². The molecule has 0 fully saturated rings. The number of para-hydroxylation sites is 2. The van der Waals surface area contributed by atoms with Crippen molar-refractivity contribution in [3.05, 3.63) is 59.7 Å². The van der Waals surface area contributed by atoms with Crippen molar-refractivity contribution in [2.75, 3.05) is 0 Å². The Kier molecular flexibility index (Phi) is 13.8. The predicted molar refractivity (Wildman–Crippen MR) is 145 cm³/mol. The van der Waals surface area contributed by atoms with Crippen molar-refractivity contribution < 1.29 is 19.1 Å². The molecule has 0 aliphatic rings. The normalized spacial score (nSPS) is 12.7. The maximum atomic E-state index is 11.7. The summed E-state index contributed by atoms with van der Waals surface area (Å²) >= 11 is 0.403. The number of unbranched alkanes of at least 4 members (excludes halogenated alkanes) is 4. The van der Waals surface area contributed by atoms with Gasteiger partial charge >= 0.3 is 219 Å². The average molecular weight is 546 g/mol. The van der Waals surface area contributed by atoms with Crippen LogP contribution < -0.4 is 9.47 Å². The van der Waals surface area contributed by atoms with E-state index in [-0.39, 0.29) is 11.9 Å². The molecule has 0 amide bonds. The van der Waals surface area contributed by atoms with Crippen molar-refractivity contribution in [1.82, 2.24) is 0 Å². The molecule has 5 heteroatoms. The van der Waals surface area contributed by atoms with Crippen molar-refractivity contribution in [3.63, 3.8) is 0 Å². The molecule has 0 saturated carbocycles. The topological polar surface area (TPSA) is 52.6 Å². The quantitative estimate of drug-likeness (QED) is 0.0926. The maximum absolute atomic E-state index is 11.7. The van der Waals surface area contributed by atoms with Gasteiger partial charge in [0, 0.05) is 0 Å². The van der Waals surface area contributed by atoms with Gasteiger partial charge in [0.2, 0.25) is 0 Å². The Balaban J connectivity index is 2.18. The van der Waals surface area contributed by atoms with E-state index in [0.29, 0.717) is 38.3 Å². The van der Waals surface area contributed by atoms with Gasteiger partial charge in [-0.05, 0) is 0 Å². The first-order valence-electron chi connectivity index (χ1n) is 13.1. The van der Waals surface area contributed by atoms with E-state index in [1.807, 2.05) is 36.4 Å². The van der Waals surface area contributed by atoms with Crippen LogP contribution >= 0.6 is 0 Å². The zero-order valence-electron chi connectivity index (χ0n) is 21.9. The summed E-state index contributed by atoms with van der Waals surface area (Å²) < 4.78 is 11.1. The number of hydrogen-bond acceptors (Lipinski definition) is 4. The summed E-state index contributed by atoms with van der Waals surface area (Å²) in [5.74, 6) is 1.64. The van der Waals surface area contributed by atoms with Gasteiger partial charge in [0.25, 0.3) is 0 Å².